The van der Waals surface area contributed by atoms with Crippen LogP contribution in [0.3, 0.4) is 0 Å². The highest BCUT2D eigenvalue weighted by Crippen LogP contribution is 2.31. The van der Waals surface area contributed by atoms with Crippen molar-refractivity contribution in [1.29, 1.82) is 0 Å². The van der Waals surface area contributed by atoms with Crippen molar-refractivity contribution in [2.75, 3.05) is 7.11 Å². The second-order valence-corrected chi connectivity index (χ2v) is 7.24. The van der Waals surface area contributed by atoms with Gasteiger partial charge < -0.3 is 9.72 Å². The summed E-state index contributed by atoms with van der Waals surface area (Å²) in [6, 6.07) is 9.73. The Morgan fingerprint density at radius 3 is 2.42 bits per heavy atom. The number of imidazole rings is 1. The molecule has 0 unspecified atom stereocenters. The number of nitrogens with one attached hydrogen (secondary N) is 1. The summed E-state index contributed by atoms with van der Waals surface area (Å²) in [5.41, 5.74) is 3.15. The van der Waals surface area contributed by atoms with Crippen molar-refractivity contribution in [3.63, 3.8) is 0 Å². The monoisotopic (exact) mass is 363 g/mol. The van der Waals surface area contributed by atoms with Crippen LogP contribution in [0.15, 0.2) is 30.3 Å². The summed E-state index contributed by atoms with van der Waals surface area (Å²) in [5.74, 6) is -0.784. The van der Waals surface area contributed by atoms with E-state index in [-0.39, 0.29) is 22.5 Å². The fourth-order valence-corrected chi connectivity index (χ4v) is 2.77. The smallest absolute Gasteiger partial charge is 0.449 e. The van der Waals surface area contributed by atoms with Crippen LogP contribution in [0.1, 0.15) is 43.3 Å². The molecule has 138 valence electrons. The molecule has 0 saturated carbocycles. The van der Waals surface area contributed by atoms with E-state index in [1.807, 2.05) is 12.1 Å². The Morgan fingerprint density at radius 1 is 1.08 bits per heavy atom. The van der Waals surface area contributed by atoms with Crippen molar-refractivity contribution in [2.24, 2.45) is 0 Å². The van der Waals surface area contributed by atoms with Crippen LogP contribution in [0, 0.1) is 0 Å². The van der Waals surface area contributed by atoms with Gasteiger partial charge in [0.25, 0.3) is 0 Å². The van der Waals surface area contributed by atoms with Gasteiger partial charge in [0.2, 0.25) is 11.7 Å². The molecule has 26 heavy (non-hydrogen) atoms. The molecule has 0 amide bonds. The van der Waals surface area contributed by atoms with Gasteiger partial charge in [-0.2, -0.15) is 18.2 Å². The molecule has 1 N–H and O–H groups in total. The van der Waals surface area contributed by atoms with Crippen LogP contribution in [-0.2, 0) is 18.0 Å². The maximum absolute atomic E-state index is 12.9. The number of H-pyrrole nitrogens is 1. The van der Waals surface area contributed by atoms with Gasteiger partial charge in [-0.3, -0.25) is 0 Å². The van der Waals surface area contributed by atoms with Gasteiger partial charge in [-0.15, -0.1) is 0 Å². The Bertz CT molecular complexity index is 939. The highest BCUT2D eigenvalue weighted by atomic mass is 19.4. The molecule has 0 aliphatic rings. The van der Waals surface area contributed by atoms with Crippen molar-refractivity contribution in [3.8, 4) is 5.88 Å². The molecule has 0 spiro atoms. The molecule has 0 radical (unpaired) electrons. The van der Waals surface area contributed by atoms with E-state index in [2.05, 4.69) is 47.9 Å². The maximum atomic E-state index is 12.9. The molecule has 3 rings (SSSR count). The van der Waals surface area contributed by atoms with Crippen molar-refractivity contribution in [2.45, 2.75) is 38.8 Å². The van der Waals surface area contributed by atoms with Crippen molar-refractivity contribution in [1.82, 2.24) is 15.0 Å². The van der Waals surface area contributed by atoms with Crippen molar-refractivity contribution in [3.05, 3.63) is 52.8 Å². The number of rotatable bonds is 3. The molecule has 0 aliphatic carbocycles. The van der Waals surface area contributed by atoms with Crippen LogP contribution in [-0.4, -0.2) is 22.1 Å². The Kier molecular flexibility index (Phi) is 4.42. The lowest BCUT2D eigenvalue weighted by atomic mass is 9.85. The van der Waals surface area contributed by atoms with Crippen LogP contribution in [0.25, 0.3) is 11.2 Å². The molecule has 2 heterocycles. The maximum Gasteiger partial charge on any atom is 0.449 e. The number of aromatic nitrogens is 3. The number of alkyl halides is 3. The summed E-state index contributed by atoms with van der Waals surface area (Å²) in [4.78, 5) is 9.94. The first kappa shape index (κ1) is 18.2. The van der Waals surface area contributed by atoms with Gasteiger partial charge in [0.15, 0.2) is 5.65 Å². The normalized spacial score (nSPS) is 12.6. The van der Waals surface area contributed by atoms with Gasteiger partial charge in [-0.05, 0) is 22.6 Å². The first-order valence-electron chi connectivity index (χ1n) is 8.18. The van der Waals surface area contributed by atoms with Gasteiger partial charge in [-0.25, -0.2) is 4.98 Å². The summed E-state index contributed by atoms with van der Waals surface area (Å²) in [5, 5.41) is 0. The molecule has 7 heteroatoms. The number of halogens is 3. The van der Waals surface area contributed by atoms with Crippen LogP contribution in [0.5, 0.6) is 5.88 Å². The van der Waals surface area contributed by atoms with Crippen LogP contribution in [0.4, 0.5) is 13.2 Å². The third-order valence-electron chi connectivity index (χ3n) is 4.16. The zero-order valence-corrected chi connectivity index (χ0v) is 15.0. The topological polar surface area (TPSA) is 50.8 Å². The third kappa shape index (κ3) is 3.66. The second kappa shape index (κ2) is 6.30. The highest BCUT2D eigenvalue weighted by molar-refractivity contribution is 5.73. The Balaban J connectivity index is 2.02. The third-order valence-corrected chi connectivity index (χ3v) is 4.16. The number of pyridine rings is 1. The van der Waals surface area contributed by atoms with Gasteiger partial charge in [0.1, 0.15) is 0 Å². The van der Waals surface area contributed by atoms with Gasteiger partial charge in [0.05, 0.1) is 12.6 Å². The molecule has 0 aliphatic heterocycles. The van der Waals surface area contributed by atoms with Gasteiger partial charge in [-0.1, -0.05) is 45.0 Å². The predicted octanol–water partition coefficient (Wildman–Crippen LogP) is 4.87. The molecule has 4 nitrogen and oxygen atoms in total. The first-order chi connectivity index (χ1) is 12.1. The summed E-state index contributed by atoms with van der Waals surface area (Å²) < 4.78 is 43.8. The number of methoxy groups -OCH3 is 1. The van der Waals surface area contributed by atoms with Crippen molar-refractivity contribution < 1.29 is 17.9 Å². The van der Waals surface area contributed by atoms with Gasteiger partial charge >= 0.3 is 6.18 Å². The quantitative estimate of drug-likeness (QED) is 0.722. The number of benzene rings is 1. The SMILES string of the molecule is COc1nc2nc(C(F)(F)F)[nH]c2cc1Cc1cccc(C(C)(C)C)c1. The largest absolute Gasteiger partial charge is 0.481 e. The molecular weight excluding hydrogens is 343 g/mol. The molecule has 0 atom stereocenters. The zero-order valence-electron chi connectivity index (χ0n) is 15.0. The average molecular weight is 363 g/mol. The summed E-state index contributed by atoms with van der Waals surface area (Å²) in [6.07, 6.45) is -4.05. The van der Waals surface area contributed by atoms with E-state index in [1.54, 1.807) is 6.07 Å². The minimum atomic E-state index is -4.55. The molecule has 0 saturated heterocycles. The summed E-state index contributed by atoms with van der Waals surface area (Å²) in [6.45, 7) is 6.39. The van der Waals surface area contributed by atoms with E-state index in [9.17, 15) is 13.2 Å². The number of hydrogen-bond acceptors (Lipinski definition) is 3. The molecule has 0 fully saturated rings. The lowest BCUT2D eigenvalue weighted by Crippen LogP contribution is -2.11. The van der Waals surface area contributed by atoms with Crippen LogP contribution in [0.2, 0.25) is 0 Å². The predicted molar refractivity (Wildman–Crippen MR) is 93.4 cm³/mol. The summed E-state index contributed by atoms with van der Waals surface area (Å²) in [7, 11) is 1.45. The first-order valence-corrected chi connectivity index (χ1v) is 8.18. The number of hydrogen-bond donors (Lipinski definition) is 1. The Labute approximate surface area is 149 Å². The lowest BCUT2D eigenvalue weighted by Gasteiger charge is -2.20. The van der Waals surface area contributed by atoms with Crippen LogP contribution < -0.4 is 4.74 Å². The molecule has 3 aromatic rings. The minimum Gasteiger partial charge on any atom is -0.481 e. The zero-order chi connectivity index (χ0) is 19.1. The van der Waals surface area contributed by atoms with E-state index in [0.717, 1.165) is 5.56 Å². The Hall–Kier alpha value is -2.57. The van der Waals surface area contributed by atoms with Gasteiger partial charge in [0, 0.05) is 12.0 Å². The Morgan fingerprint density at radius 2 is 1.81 bits per heavy atom. The number of aromatic amines is 1. The standard InChI is InChI=1S/C19H20F3N3O/c1-18(2,3)13-7-5-6-11(9-13)8-12-10-14-15(24-16(12)26-4)25-17(23-14)19(20,21)22/h5-7,9-10H,8H2,1-4H3,(H,23,24,25). The summed E-state index contributed by atoms with van der Waals surface area (Å²) >= 11 is 0. The number of ether oxygens (including phenoxy) is 1. The lowest BCUT2D eigenvalue weighted by molar-refractivity contribution is -0.144. The second-order valence-electron chi connectivity index (χ2n) is 7.24. The van der Waals surface area contributed by atoms with E-state index in [0.29, 0.717) is 12.0 Å². The van der Waals surface area contributed by atoms with Crippen molar-refractivity contribution >= 4 is 11.2 Å². The van der Waals surface area contributed by atoms with E-state index >= 15 is 0 Å². The highest BCUT2D eigenvalue weighted by Gasteiger charge is 2.35. The molecule has 1 aromatic carbocycles. The minimum absolute atomic E-state index is 0.00723. The number of fused-ring (bicyclic) bond motifs is 1. The molecular formula is C19H20F3N3O. The fraction of sp³-hybridized carbons (Fsp3) is 0.368. The molecule has 2 aromatic heterocycles. The molecule has 0 bridgehead atoms. The average Bonchev–Trinajstić information content (AvgIpc) is 2.96. The number of nitrogens with zero attached hydrogens (tertiary/aromatic N) is 2. The van der Waals surface area contributed by atoms with E-state index < -0.39 is 12.0 Å². The van der Waals surface area contributed by atoms with E-state index in [4.69, 9.17) is 4.74 Å². The fourth-order valence-electron chi connectivity index (χ4n) is 2.77. The van der Waals surface area contributed by atoms with E-state index in [1.165, 1.54) is 12.7 Å². The van der Waals surface area contributed by atoms with Crippen LogP contribution >= 0.6 is 0 Å².